The van der Waals surface area contributed by atoms with Crippen LogP contribution in [0.4, 0.5) is 18.9 Å². The molecule has 0 saturated heterocycles. The largest absolute Gasteiger partial charge is 0.495 e. The number of hydrogen-bond donors (Lipinski definition) is 3. The molecule has 0 unspecified atom stereocenters. The maximum absolute atomic E-state index is 13.4. The molecule has 0 aliphatic rings. The molecule has 0 fully saturated rings. The third-order valence-electron chi connectivity index (χ3n) is 4.01. The summed E-state index contributed by atoms with van der Waals surface area (Å²) in [7, 11) is -1.86. The van der Waals surface area contributed by atoms with Gasteiger partial charge >= 0.3 is 6.18 Å². The Kier molecular flexibility index (Phi) is 5.87. The normalized spacial score (nSPS) is 12.8. The predicted molar refractivity (Wildman–Crippen MR) is 106 cm³/mol. The van der Waals surface area contributed by atoms with Crippen LogP contribution in [0.3, 0.4) is 0 Å². The van der Waals surface area contributed by atoms with Crippen molar-refractivity contribution in [1.29, 1.82) is 0 Å². The molecule has 30 heavy (non-hydrogen) atoms. The predicted octanol–water partition coefficient (Wildman–Crippen LogP) is 4.49. The van der Waals surface area contributed by atoms with Crippen LogP contribution in [0, 0.1) is 0 Å². The molecule has 3 aromatic rings. The van der Waals surface area contributed by atoms with Gasteiger partial charge in [-0.05, 0) is 24.3 Å². The van der Waals surface area contributed by atoms with E-state index in [1.807, 2.05) is 0 Å². The molecular formula is C17H16ClF3N4O4S. The van der Waals surface area contributed by atoms with E-state index in [0.717, 1.165) is 23.2 Å². The van der Waals surface area contributed by atoms with Gasteiger partial charge in [-0.3, -0.25) is 23.6 Å². The highest BCUT2D eigenvalue weighted by molar-refractivity contribution is 8.23. The molecule has 162 valence electrons. The Balaban J connectivity index is 2.00. The minimum atomic E-state index is -4.82. The van der Waals surface area contributed by atoms with Gasteiger partial charge in [0.05, 0.1) is 29.4 Å². The monoisotopic (exact) mass is 464 g/mol. The number of carbonyl (C=O) groups excluding carboxylic acids is 1. The maximum Gasteiger partial charge on any atom is 0.437 e. The second kappa shape index (κ2) is 7.95. The first-order valence-corrected chi connectivity index (χ1v) is 10.5. The molecule has 1 aromatic carbocycles. The Labute approximate surface area is 175 Å². The van der Waals surface area contributed by atoms with E-state index >= 15 is 0 Å². The van der Waals surface area contributed by atoms with Gasteiger partial charge in [-0.1, -0.05) is 11.6 Å². The van der Waals surface area contributed by atoms with E-state index in [4.69, 9.17) is 16.3 Å². The van der Waals surface area contributed by atoms with Crippen LogP contribution in [0.2, 0.25) is 5.02 Å². The summed E-state index contributed by atoms with van der Waals surface area (Å²) in [6, 6.07) is 5.61. The number of carbonyl (C=O) groups is 1. The molecule has 0 atom stereocenters. The second-order valence-corrected chi connectivity index (χ2v) is 8.84. The molecule has 3 rings (SSSR count). The molecule has 2 aromatic heterocycles. The standard InChI is InChI=1S/C17H16ClF3N4O4S/c1-29-13-4-3-9(18)5-11(13)23-14(26)8-25-12-6-10(30(2,27)28)7-22-15(12)16(24-25)17(19,20)21/h3-7,27-28H,8H2,1-2H3,(H,23,26). The highest BCUT2D eigenvalue weighted by atomic mass is 35.5. The smallest absolute Gasteiger partial charge is 0.437 e. The molecule has 0 aliphatic heterocycles. The van der Waals surface area contributed by atoms with Crippen molar-refractivity contribution in [1.82, 2.24) is 14.8 Å². The van der Waals surface area contributed by atoms with Gasteiger partial charge in [0.2, 0.25) is 5.91 Å². The number of rotatable bonds is 5. The number of methoxy groups -OCH3 is 1. The molecule has 0 aliphatic carbocycles. The number of aromatic nitrogens is 3. The minimum Gasteiger partial charge on any atom is -0.495 e. The zero-order valence-electron chi connectivity index (χ0n) is 15.6. The van der Waals surface area contributed by atoms with Crippen molar-refractivity contribution in [3.05, 3.63) is 41.2 Å². The molecule has 0 radical (unpaired) electrons. The SMILES string of the molecule is COc1ccc(Cl)cc1NC(=O)Cn1nc(C(F)(F)F)c2ncc(S(C)(O)O)cc21. The first kappa shape index (κ1) is 22.2. The Morgan fingerprint density at radius 3 is 2.63 bits per heavy atom. The zero-order chi connectivity index (χ0) is 22.3. The highest BCUT2D eigenvalue weighted by Gasteiger charge is 2.38. The summed E-state index contributed by atoms with van der Waals surface area (Å²) in [5, 5.41) is 6.30. The van der Waals surface area contributed by atoms with Gasteiger partial charge in [0.15, 0.2) is 5.69 Å². The van der Waals surface area contributed by atoms with Crippen LogP contribution in [0.25, 0.3) is 11.0 Å². The fourth-order valence-corrected chi connectivity index (χ4v) is 3.42. The maximum atomic E-state index is 13.4. The number of benzene rings is 1. The van der Waals surface area contributed by atoms with Gasteiger partial charge in [-0.15, -0.1) is 0 Å². The van der Waals surface area contributed by atoms with E-state index in [1.54, 1.807) is 6.07 Å². The Hall–Kier alpha value is -2.54. The summed E-state index contributed by atoms with van der Waals surface area (Å²) in [6.45, 7) is -0.601. The third kappa shape index (κ3) is 4.61. The number of anilines is 1. The minimum absolute atomic E-state index is 0.0817. The number of ether oxygens (including phenoxy) is 1. The quantitative estimate of drug-likeness (QED) is 0.513. The molecule has 0 bridgehead atoms. The number of nitrogens with zero attached hydrogens (tertiary/aromatic N) is 3. The lowest BCUT2D eigenvalue weighted by Gasteiger charge is -2.26. The number of nitrogens with one attached hydrogen (secondary N) is 1. The number of alkyl halides is 3. The van der Waals surface area contributed by atoms with Crippen molar-refractivity contribution in [2.45, 2.75) is 17.6 Å². The van der Waals surface area contributed by atoms with Crippen LogP contribution >= 0.6 is 22.2 Å². The van der Waals surface area contributed by atoms with Gasteiger partial charge in [0.25, 0.3) is 0 Å². The van der Waals surface area contributed by atoms with E-state index in [0.29, 0.717) is 10.8 Å². The average Bonchev–Trinajstić information content (AvgIpc) is 2.99. The van der Waals surface area contributed by atoms with Crippen LogP contribution in [0.1, 0.15) is 5.69 Å². The fourth-order valence-electron chi connectivity index (χ4n) is 2.66. The average molecular weight is 465 g/mol. The van der Waals surface area contributed by atoms with Crippen molar-refractivity contribution >= 4 is 44.8 Å². The van der Waals surface area contributed by atoms with Crippen LogP contribution in [-0.2, 0) is 17.5 Å². The molecule has 2 heterocycles. The van der Waals surface area contributed by atoms with Crippen molar-refractivity contribution in [2.24, 2.45) is 0 Å². The lowest BCUT2D eigenvalue weighted by Crippen LogP contribution is -2.20. The Morgan fingerprint density at radius 2 is 2.03 bits per heavy atom. The highest BCUT2D eigenvalue weighted by Crippen LogP contribution is 2.45. The summed E-state index contributed by atoms with van der Waals surface area (Å²) in [5.74, 6) is -0.403. The number of amides is 1. The van der Waals surface area contributed by atoms with E-state index in [2.05, 4.69) is 15.4 Å². The molecule has 0 spiro atoms. The summed E-state index contributed by atoms with van der Waals surface area (Å²) < 4.78 is 65.6. The number of hydrogen-bond acceptors (Lipinski definition) is 6. The number of fused-ring (bicyclic) bond motifs is 1. The lowest BCUT2D eigenvalue weighted by atomic mass is 10.3. The van der Waals surface area contributed by atoms with Crippen LogP contribution < -0.4 is 10.1 Å². The first-order valence-electron chi connectivity index (χ1n) is 8.20. The zero-order valence-corrected chi connectivity index (χ0v) is 17.1. The third-order valence-corrected chi connectivity index (χ3v) is 5.36. The second-order valence-electron chi connectivity index (χ2n) is 6.27. The van der Waals surface area contributed by atoms with Gasteiger partial charge in [0.1, 0.15) is 17.8 Å². The Morgan fingerprint density at radius 1 is 1.33 bits per heavy atom. The molecule has 8 nitrogen and oxygen atoms in total. The van der Waals surface area contributed by atoms with Crippen molar-refractivity contribution in [3.63, 3.8) is 0 Å². The first-order chi connectivity index (χ1) is 13.9. The molecule has 3 N–H and O–H groups in total. The number of pyridine rings is 1. The number of halogens is 4. The summed E-state index contributed by atoms with van der Waals surface area (Å²) in [6.07, 6.45) is -2.77. The molecule has 13 heteroatoms. The van der Waals surface area contributed by atoms with Crippen LogP contribution in [-0.4, -0.2) is 43.1 Å². The van der Waals surface area contributed by atoms with Crippen molar-refractivity contribution < 1.29 is 31.8 Å². The summed E-state index contributed by atoms with van der Waals surface area (Å²) in [5.41, 5.74) is -1.74. The van der Waals surface area contributed by atoms with Crippen molar-refractivity contribution in [2.75, 3.05) is 18.7 Å². The topological polar surface area (TPSA) is 110 Å². The van der Waals surface area contributed by atoms with E-state index in [9.17, 15) is 27.1 Å². The van der Waals surface area contributed by atoms with Gasteiger partial charge in [-0.2, -0.15) is 28.9 Å². The lowest BCUT2D eigenvalue weighted by molar-refractivity contribution is -0.140. The van der Waals surface area contributed by atoms with Crippen LogP contribution in [0.5, 0.6) is 5.75 Å². The Bertz CT molecular complexity index is 1110. The molecule has 1 amide bonds. The van der Waals surface area contributed by atoms with E-state index < -0.39 is 40.4 Å². The van der Waals surface area contributed by atoms with Crippen molar-refractivity contribution in [3.8, 4) is 5.75 Å². The van der Waals surface area contributed by atoms with Gasteiger partial charge < -0.3 is 10.1 Å². The van der Waals surface area contributed by atoms with E-state index in [1.165, 1.54) is 19.2 Å². The van der Waals surface area contributed by atoms with Crippen LogP contribution in [0.15, 0.2) is 35.4 Å². The summed E-state index contributed by atoms with van der Waals surface area (Å²) >= 11 is 5.91. The summed E-state index contributed by atoms with van der Waals surface area (Å²) in [4.78, 5) is 16.1. The molecule has 0 saturated carbocycles. The fraction of sp³-hybridized carbons (Fsp3) is 0.235. The van der Waals surface area contributed by atoms with Gasteiger partial charge in [0, 0.05) is 11.3 Å². The van der Waals surface area contributed by atoms with Gasteiger partial charge in [-0.25, -0.2) is 0 Å². The molecular weight excluding hydrogens is 449 g/mol. The van der Waals surface area contributed by atoms with E-state index in [-0.39, 0.29) is 16.1 Å².